The van der Waals surface area contributed by atoms with Crippen LogP contribution in [0.1, 0.15) is 16.0 Å². The van der Waals surface area contributed by atoms with Gasteiger partial charge in [-0.2, -0.15) is 13.2 Å². The highest BCUT2D eigenvalue weighted by atomic mass is 32.1. The van der Waals surface area contributed by atoms with Gasteiger partial charge in [0.2, 0.25) is 5.91 Å². The number of aromatic nitrogens is 1. The topological polar surface area (TPSA) is 42.0 Å². The summed E-state index contributed by atoms with van der Waals surface area (Å²) >= 11 is 1.47. The summed E-state index contributed by atoms with van der Waals surface area (Å²) in [5.41, 5.74) is 1.33. The number of carbonyl (C=O) groups excluding carboxylic acids is 1. The van der Waals surface area contributed by atoms with Crippen LogP contribution in [0.15, 0.2) is 96.7 Å². The average molecular weight is 450 g/mol. The van der Waals surface area contributed by atoms with Crippen LogP contribution in [0.3, 0.4) is 0 Å². The lowest BCUT2D eigenvalue weighted by Crippen LogP contribution is -2.08. The van der Waals surface area contributed by atoms with Gasteiger partial charge in [-0.05, 0) is 46.8 Å². The molecule has 0 unspecified atom stereocenters. The number of pyridine rings is 1. The molecule has 0 atom stereocenters. The van der Waals surface area contributed by atoms with E-state index in [2.05, 4.69) is 10.3 Å². The van der Waals surface area contributed by atoms with Crippen molar-refractivity contribution >= 4 is 39.3 Å². The maximum atomic E-state index is 12.9. The van der Waals surface area contributed by atoms with Gasteiger partial charge in [0, 0.05) is 39.8 Å². The lowest BCUT2D eigenvalue weighted by molar-refractivity contribution is -0.137. The highest BCUT2D eigenvalue weighted by Crippen LogP contribution is 2.32. The van der Waals surface area contributed by atoms with Crippen molar-refractivity contribution in [2.75, 3.05) is 5.32 Å². The second kappa shape index (κ2) is 9.20. The molecule has 0 fully saturated rings. The van der Waals surface area contributed by atoms with Gasteiger partial charge in [-0.15, -0.1) is 11.3 Å². The number of hydrogen-bond donors (Lipinski definition) is 1. The number of carbonyl (C=O) groups is 1. The third-order valence-electron chi connectivity index (χ3n) is 4.76. The normalized spacial score (nSPS) is 12.4. The molecule has 160 valence electrons. The second-order valence-corrected chi connectivity index (χ2v) is 7.83. The van der Waals surface area contributed by atoms with Crippen molar-refractivity contribution in [1.82, 2.24) is 4.98 Å². The molecule has 4 rings (SSSR count). The van der Waals surface area contributed by atoms with Crippen molar-refractivity contribution in [1.29, 1.82) is 0 Å². The van der Waals surface area contributed by atoms with E-state index < -0.39 is 11.7 Å². The molecule has 0 aliphatic carbocycles. The Hall–Kier alpha value is -3.71. The summed E-state index contributed by atoms with van der Waals surface area (Å²) in [5, 5.41) is 6.53. The van der Waals surface area contributed by atoms with Crippen LogP contribution in [0.25, 0.3) is 16.3 Å². The number of amides is 1. The number of benzene rings is 2. The Balaban J connectivity index is 1.57. The van der Waals surface area contributed by atoms with E-state index in [0.717, 1.165) is 33.4 Å². The summed E-state index contributed by atoms with van der Waals surface area (Å²) in [5.74, 6) is -0.316. The molecule has 32 heavy (non-hydrogen) atoms. The number of hydrogen-bond acceptors (Lipinski definition) is 3. The Labute approximate surface area is 186 Å². The average Bonchev–Trinajstić information content (AvgIpc) is 3.31. The molecule has 0 saturated carbocycles. The number of nitrogens with zero attached hydrogens (tertiary/aromatic N) is 1. The molecule has 2 heterocycles. The van der Waals surface area contributed by atoms with Gasteiger partial charge in [-0.3, -0.25) is 9.78 Å². The van der Waals surface area contributed by atoms with E-state index in [1.54, 1.807) is 24.5 Å². The van der Waals surface area contributed by atoms with Gasteiger partial charge in [-0.1, -0.05) is 42.5 Å². The SMILES string of the molecule is O=C(C=CC=C(c1ccc(C(F)(F)F)cc1)c1cccs1)Nc1cccc2cnccc12. The summed E-state index contributed by atoms with van der Waals surface area (Å²) in [6.07, 6.45) is 3.70. The molecule has 2 aromatic heterocycles. The standard InChI is InChI=1S/C25H17F3N2OS/c26-25(27,28)19-11-9-17(10-12-19)21(23-7-3-15-32-23)5-2-8-24(31)30-22-6-1-4-18-16-29-14-13-20(18)22/h1-16H,(H,30,31). The minimum atomic E-state index is -4.39. The van der Waals surface area contributed by atoms with Gasteiger partial charge in [0.25, 0.3) is 0 Å². The van der Waals surface area contributed by atoms with E-state index in [9.17, 15) is 18.0 Å². The fourth-order valence-corrected chi connectivity index (χ4v) is 4.00. The van der Waals surface area contributed by atoms with Gasteiger partial charge < -0.3 is 5.32 Å². The molecule has 1 amide bonds. The highest BCUT2D eigenvalue weighted by Gasteiger charge is 2.30. The molecule has 0 aliphatic rings. The molecule has 3 nitrogen and oxygen atoms in total. The Morgan fingerprint density at radius 3 is 2.53 bits per heavy atom. The fraction of sp³-hybridized carbons (Fsp3) is 0.0400. The van der Waals surface area contributed by atoms with Crippen LogP contribution < -0.4 is 5.32 Å². The highest BCUT2D eigenvalue weighted by molar-refractivity contribution is 7.11. The summed E-state index contributed by atoms with van der Waals surface area (Å²) in [7, 11) is 0. The van der Waals surface area contributed by atoms with E-state index in [0.29, 0.717) is 11.3 Å². The van der Waals surface area contributed by atoms with Gasteiger partial charge in [-0.25, -0.2) is 0 Å². The molecular formula is C25H17F3N2OS. The fourth-order valence-electron chi connectivity index (χ4n) is 3.23. The number of anilines is 1. The zero-order valence-electron chi connectivity index (χ0n) is 16.6. The summed E-state index contributed by atoms with van der Waals surface area (Å²) in [4.78, 5) is 17.4. The number of nitrogens with one attached hydrogen (secondary N) is 1. The van der Waals surface area contributed by atoms with E-state index in [1.165, 1.54) is 29.5 Å². The van der Waals surface area contributed by atoms with Crippen LogP contribution in [-0.2, 0) is 11.0 Å². The zero-order valence-corrected chi connectivity index (χ0v) is 17.5. The van der Waals surface area contributed by atoms with E-state index in [1.807, 2.05) is 41.8 Å². The Morgan fingerprint density at radius 2 is 1.81 bits per heavy atom. The number of thiophene rings is 1. The van der Waals surface area contributed by atoms with Crippen LogP contribution in [0.5, 0.6) is 0 Å². The number of alkyl halides is 3. The molecular weight excluding hydrogens is 433 g/mol. The minimum Gasteiger partial charge on any atom is -0.322 e. The molecule has 0 aliphatic heterocycles. The van der Waals surface area contributed by atoms with Crippen molar-refractivity contribution in [3.63, 3.8) is 0 Å². The molecule has 0 radical (unpaired) electrons. The number of allylic oxidation sites excluding steroid dienone is 2. The first-order valence-corrected chi connectivity index (χ1v) is 10.5. The van der Waals surface area contributed by atoms with Crippen molar-refractivity contribution in [2.45, 2.75) is 6.18 Å². The molecule has 0 bridgehead atoms. The zero-order chi connectivity index (χ0) is 22.6. The van der Waals surface area contributed by atoms with Crippen molar-refractivity contribution < 1.29 is 18.0 Å². The molecule has 0 saturated heterocycles. The van der Waals surface area contributed by atoms with Crippen LogP contribution in [0.4, 0.5) is 18.9 Å². The van der Waals surface area contributed by atoms with E-state index in [-0.39, 0.29) is 5.91 Å². The van der Waals surface area contributed by atoms with Gasteiger partial charge in [0.1, 0.15) is 0 Å². The maximum Gasteiger partial charge on any atom is 0.416 e. The first-order valence-electron chi connectivity index (χ1n) is 9.65. The summed E-state index contributed by atoms with van der Waals surface area (Å²) in [6.45, 7) is 0. The second-order valence-electron chi connectivity index (χ2n) is 6.88. The first-order chi connectivity index (χ1) is 15.4. The smallest absolute Gasteiger partial charge is 0.322 e. The molecule has 2 aromatic carbocycles. The van der Waals surface area contributed by atoms with E-state index >= 15 is 0 Å². The Morgan fingerprint density at radius 1 is 1.00 bits per heavy atom. The predicted octanol–water partition coefficient (Wildman–Crippen LogP) is 6.94. The lowest BCUT2D eigenvalue weighted by atomic mass is 10.0. The summed E-state index contributed by atoms with van der Waals surface area (Å²) < 4.78 is 38.7. The first kappa shape index (κ1) is 21.5. The number of fused-ring (bicyclic) bond motifs is 1. The van der Waals surface area contributed by atoms with Gasteiger partial charge in [0.15, 0.2) is 0 Å². The number of rotatable bonds is 5. The third kappa shape index (κ3) is 4.95. The maximum absolute atomic E-state index is 12.9. The predicted molar refractivity (Wildman–Crippen MR) is 122 cm³/mol. The lowest BCUT2D eigenvalue weighted by Gasteiger charge is -2.09. The quantitative estimate of drug-likeness (QED) is 0.264. The third-order valence-corrected chi connectivity index (χ3v) is 5.66. The van der Waals surface area contributed by atoms with Crippen molar-refractivity contribution in [3.8, 4) is 0 Å². The Kier molecular flexibility index (Phi) is 6.18. The molecule has 7 heteroatoms. The van der Waals surface area contributed by atoms with Gasteiger partial charge >= 0.3 is 6.18 Å². The molecule has 0 spiro atoms. The van der Waals surface area contributed by atoms with E-state index in [4.69, 9.17) is 0 Å². The summed E-state index contributed by atoms with van der Waals surface area (Å²) in [6, 6.07) is 16.1. The monoisotopic (exact) mass is 450 g/mol. The minimum absolute atomic E-state index is 0.316. The largest absolute Gasteiger partial charge is 0.416 e. The van der Waals surface area contributed by atoms with Gasteiger partial charge in [0.05, 0.1) is 5.56 Å². The number of halogens is 3. The van der Waals surface area contributed by atoms with Crippen LogP contribution >= 0.6 is 11.3 Å². The Bertz CT molecular complexity index is 1290. The van der Waals surface area contributed by atoms with Crippen LogP contribution in [-0.4, -0.2) is 10.9 Å². The molecule has 4 aromatic rings. The van der Waals surface area contributed by atoms with Crippen molar-refractivity contribution in [3.05, 3.63) is 113 Å². The van der Waals surface area contributed by atoms with Crippen LogP contribution in [0.2, 0.25) is 0 Å². The van der Waals surface area contributed by atoms with Crippen molar-refractivity contribution in [2.24, 2.45) is 0 Å². The van der Waals surface area contributed by atoms with Crippen LogP contribution in [0, 0.1) is 0 Å². The molecule has 1 N–H and O–H groups in total.